The summed E-state index contributed by atoms with van der Waals surface area (Å²) in [4.78, 5) is 12.9. The zero-order valence-electron chi connectivity index (χ0n) is 17.0. The van der Waals surface area contributed by atoms with Crippen LogP contribution < -0.4 is 14.4 Å². The van der Waals surface area contributed by atoms with Crippen molar-refractivity contribution in [2.45, 2.75) is 38.3 Å². The van der Waals surface area contributed by atoms with E-state index in [-0.39, 0.29) is 11.7 Å². The van der Waals surface area contributed by atoms with Crippen molar-refractivity contribution < 1.29 is 26.7 Å². The summed E-state index contributed by atoms with van der Waals surface area (Å²) in [6, 6.07) is 6.94. The highest BCUT2D eigenvalue weighted by atomic mass is 32.2. The maximum absolute atomic E-state index is 13.7. The second-order valence-corrected chi connectivity index (χ2v) is 9.21. The number of nitrogens with one attached hydrogen (secondary N) is 1. The zero-order valence-corrected chi connectivity index (χ0v) is 17.8. The first kappa shape index (κ1) is 22.0. The third-order valence-electron chi connectivity index (χ3n) is 5.23. The van der Waals surface area contributed by atoms with Gasteiger partial charge in [-0.15, -0.1) is 0 Å². The van der Waals surface area contributed by atoms with E-state index in [0.717, 1.165) is 58.5 Å². The minimum atomic E-state index is -3.94. The number of anilines is 1. The van der Waals surface area contributed by atoms with Crippen molar-refractivity contribution in [2.24, 2.45) is 0 Å². The van der Waals surface area contributed by atoms with E-state index < -0.39 is 33.6 Å². The molecule has 0 radical (unpaired) electrons. The van der Waals surface area contributed by atoms with Gasteiger partial charge in [0.1, 0.15) is 11.8 Å². The summed E-state index contributed by atoms with van der Waals surface area (Å²) in [5.74, 6) is -2.09. The maximum Gasteiger partial charge on any atom is 0.244 e. The van der Waals surface area contributed by atoms with E-state index in [0.29, 0.717) is 6.42 Å². The number of aryl methyl sites for hydroxylation is 1. The van der Waals surface area contributed by atoms with Crippen LogP contribution in [-0.2, 0) is 21.2 Å². The summed E-state index contributed by atoms with van der Waals surface area (Å²) in [7, 11) is -2.35. The summed E-state index contributed by atoms with van der Waals surface area (Å²) in [5.41, 5.74) is 1.91. The highest BCUT2D eigenvalue weighted by Crippen LogP contribution is 2.32. The van der Waals surface area contributed by atoms with E-state index in [1.54, 1.807) is 7.11 Å². The number of benzene rings is 2. The lowest BCUT2D eigenvalue weighted by Crippen LogP contribution is -2.49. The van der Waals surface area contributed by atoms with Crippen molar-refractivity contribution in [1.29, 1.82) is 0 Å². The van der Waals surface area contributed by atoms with Gasteiger partial charge in [0.15, 0.2) is 11.6 Å². The van der Waals surface area contributed by atoms with Gasteiger partial charge in [-0.3, -0.25) is 9.10 Å². The van der Waals surface area contributed by atoms with Gasteiger partial charge in [0.25, 0.3) is 0 Å². The fourth-order valence-corrected chi connectivity index (χ4v) is 4.96. The van der Waals surface area contributed by atoms with Gasteiger partial charge in [-0.05, 0) is 61.6 Å². The van der Waals surface area contributed by atoms with Crippen molar-refractivity contribution in [3.8, 4) is 5.75 Å². The number of amides is 1. The molecule has 2 aromatic rings. The largest absolute Gasteiger partial charge is 0.497 e. The molecule has 0 saturated heterocycles. The molecule has 2 atom stereocenters. The number of hydrogen-bond acceptors (Lipinski definition) is 4. The third kappa shape index (κ3) is 4.56. The summed E-state index contributed by atoms with van der Waals surface area (Å²) in [5, 5.41) is 2.91. The molecular formula is C21H24F2N2O4S. The molecule has 0 fully saturated rings. The van der Waals surface area contributed by atoms with E-state index >= 15 is 0 Å². The van der Waals surface area contributed by atoms with Crippen LogP contribution in [0, 0.1) is 11.6 Å². The molecule has 0 heterocycles. The summed E-state index contributed by atoms with van der Waals surface area (Å²) < 4.78 is 57.7. The number of methoxy groups -OCH3 is 1. The predicted octanol–water partition coefficient (Wildman–Crippen LogP) is 3.32. The Morgan fingerprint density at radius 1 is 1.20 bits per heavy atom. The predicted molar refractivity (Wildman–Crippen MR) is 110 cm³/mol. The molecule has 0 bridgehead atoms. The normalized spacial score (nSPS) is 17.0. The van der Waals surface area contributed by atoms with Gasteiger partial charge in [-0.25, -0.2) is 17.2 Å². The Bertz CT molecular complexity index is 1060. The van der Waals surface area contributed by atoms with Crippen LogP contribution in [0.4, 0.5) is 14.5 Å². The monoisotopic (exact) mass is 438 g/mol. The van der Waals surface area contributed by atoms with Crippen LogP contribution in [0.2, 0.25) is 0 Å². The average molecular weight is 438 g/mol. The molecule has 2 aromatic carbocycles. The molecular weight excluding hydrogens is 414 g/mol. The molecule has 30 heavy (non-hydrogen) atoms. The number of sulfonamides is 1. The molecule has 9 heteroatoms. The van der Waals surface area contributed by atoms with Crippen molar-refractivity contribution in [1.82, 2.24) is 5.32 Å². The lowest BCUT2D eigenvalue weighted by molar-refractivity contribution is -0.122. The Labute approximate surface area is 174 Å². The van der Waals surface area contributed by atoms with E-state index in [1.807, 2.05) is 18.2 Å². The highest BCUT2D eigenvalue weighted by molar-refractivity contribution is 7.92. The minimum Gasteiger partial charge on any atom is -0.497 e. The van der Waals surface area contributed by atoms with Crippen LogP contribution in [0.5, 0.6) is 5.75 Å². The first-order valence-corrected chi connectivity index (χ1v) is 11.4. The maximum atomic E-state index is 13.7. The number of carbonyl (C=O) groups is 1. The first-order chi connectivity index (χ1) is 14.1. The molecule has 162 valence electrons. The van der Waals surface area contributed by atoms with Gasteiger partial charge in [-0.1, -0.05) is 6.07 Å². The minimum absolute atomic E-state index is 0.118. The number of halogens is 2. The fraction of sp³-hybridized carbons (Fsp3) is 0.381. The van der Waals surface area contributed by atoms with Crippen molar-refractivity contribution in [3.05, 3.63) is 59.2 Å². The molecule has 3 rings (SSSR count). The van der Waals surface area contributed by atoms with Crippen LogP contribution in [0.1, 0.15) is 36.9 Å². The van der Waals surface area contributed by atoms with E-state index in [2.05, 4.69) is 5.32 Å². The molecule has 0 spiro atoms. The van der Waals surface area contributed by atoms with E-state index in [1.165, 1.54) is 6.92 Å². The Kier molecular flexibility index (Phi) is 6.30. The van der Waals surface area contributed by atoms with E-state index in [4.69, 9.17) is 4.74 Å². The molecule has 0 aromatic heterocycles. The molecule has 1 N–H and O–H groups in total. The Hall–Kier alpha value is -2.68. The summed E-state index contributed by atoms with van der Waals surface area (Å²) >= 11 is 0. The van der Waals surface area contributed by atoms with Gasteiger partial charge in [0, 0.05) is 6.07 Å². The van der Waals surface area contributed by atoms with Crippen molar-refractivity contribution in [2.75, 3.05) is 17.7 Å². The molecule has 1 aliphatic carbocycles. The van der Waals surface area contributed by atoms with Crippen LogP contribution >= 0.6 is 0 Å². The third-order valence-corrected chi connectivity index (χ3v) is 6.47. The molecule has 0 aliphatic heterocycles. The fourth-order valence-electron chi connectivity index (χ4n) is 3.79. The van der Waals surface area contributed by atoms with Crippen LogP contribution in [0.3, 0.4) is 0 Å². The van der Waals surface area contributed by atoms with Crippen molar-refractivity contribution in [3.63, 3.8) is 0 Å². The number of ether oxygens (including phenoxy) is 1. The van der Waals surface area contributed by atoms with Gasteiger partial charge in [0.05, 0.1) is 25.1 Å². The lowest BCUT2D eigenvalue weighted by Gasteiger charge is -2.32. The Morgan fingerprint density at radius 3 is 2.57 bits per heavy atom. The number of hydrogen-bond donors (Lipinski definition) is 1. The average Bonchev–Trinajstić information content (AvgIpc) is 2.69. The second-order valence-electron chi connectivity index (χ2n) is 7.35. The van der Waals surface area contributed by atoms with E-state index in [9.17, 15) is 22.0 Å². The van der Waals surface area contributed by atoms with Crippen LogP contribution in [-0.4, -0.2) is 33.7 Å². The van der Waals surface area contributed by atoms with Gasteiger partial charge >= 0.3 is 0 Å². The second kappa shape index (κ2) is 8.59. The first-order valence-electron chi connectivity index (χ1n) is 9.53. The quantitative estimate of drug-likeness (QED) is 0.751. The zero-order chi connectivity index (χ0) is 22.1. The smallest absolute Gasteiger partial charge is 0.244 e. The number of rotatable bonds is 6. The number of carbonyl (C=O) groups excluding carboxylic acids is 1. The Balaban J connectivity index is 1.86. The van der Waals surface area contributed by atoms with Gasteiger partial charge in [0.2, 0.25) is 15.9 Å². The van der Waals surface area contributed by atoms with Gasteiger partial charge < -0.3 is 10.1 Å². The van der Waals surface area contributed by atoms with Crippen molar-refractivity contribution >= 4 is 21.6 Å². The van der Waals surface area contributed by atoms with Crippen LogP contribution in [0.25, 0.3) is 0 Å². The number of fused-ring (bicyclic) bond motifs is 1. The standard InChI is InChI=1S/C21H24F2N2O4S/c1-13(25(30(3,27)28)15-7-10-18(22)19(23)12-15)21(26)24-20-6-4-5-14-11-16(29-2)8-9-17(14)20/h7-13,20H,4-6H2,1-3H3,(H,24,26). The molecule has 0 saturated carbocycles. The highest BCUT2D eigenvalue weighted by Gasteiger charge is 2.32. The number of nitrogens with zero attached hydrogens (tertiary/aromatic N) is 1. The summed E-state index contributed by atoms with van der Waals surface area (Å²) in [6.07, 6.45) is 3.35. The summed E-state index contributed by atoms with van der Waals surface area (Å²) in [6.45, 7) is 1.41. The molecule has 1 aliphatic rings. The van der Waals surface area contributed by atoms with Crippen LogP contribution in [0.15, 0.2) is 36.4 Å². The molecule has 6 nitrogen and oxygen atoms in total. The Morgan fingerprint density at radius 2 is 1.93 bits per heavy atom. The lowest BCUT2D eigenvalue weighted by atomic mass is 9.87. The molecule has 1 amide bonds. The van der Waals surface area contributed by atoms with Gasteiger partial charge in [-0.2, -0.15) is 0 Å². The topological polar surface area (TPSA) is 75.7 Å². The molecule has 2 unspecified atom stereocenters. The SMILES string of the molecule is COc1ccc2c(c1)CCCC2NC(=O)C(C)N(c1ccc(F)c(F)c1)S(C)(=O)=O.